The van der Waals surface area contributed by atoms with Gasteiger partial charge in [0.25, 0.3) is 0 Å². The number of ketones is 1. The summed E-state index contributed by atoms with van der Waals surface area (Å²) in [5.41, 5.74) is 1.69. The standard InChI is InChI=1S/C15H13ClOS/c1-18-15-8-7-12(10-13(15)16)14(17)9-11-5-3-2-4-6-11/h2-8,10H,9H2,1H3. The monoisotopic (exact) mass is 276 g/mol. The van der Waals surface area contributed by atoms with E-state index in [0.29, 0.717) is 17.0 Å². The predicted molar refractivity (Wildman–Crippen MR) is 77.7 cm³/mol. The van der Waals surface area contributed by atoms with Crippen molar-refractivity contribution < 1.29 is 4.79 Å². The quantitative estimate of drug-likeness (QED) is 0.605. The van der Waals surface area contributed by atoms with Crippen LogP contribution in [-0.2, 0) is 6.42 Å². The van der Waals surface area contributed by atoms with Gasteiger partial charge in [0.15, 0.2) is 5.78 Å². The number of Topliss-reactive ketones (excluding diaryl/α,β-unsaturated/α-hetero) is 1. The third kappa shape index (κ3) is 3.15. The Morgan fingerprint density at radius 2 is 1.89 bits per heavy atom. The van der Waals surface area contributed by atoms with Crippen molar-refractivity contribution in [1.29, 1.82) is 0 Å². The van der Waals surface area contributed by atoms with E-state index in [4.69, 9.17) is 11.6 Å². The lowest BCUT2D eigenvalue weighted by Gasteiger charge is -2.05. The Morgan fingerprint density at radius 3 is 2.50 bits per heavy atom. The van der Waals surface area contributed by atoms with Crippen LogP contribution in [0.3, 0.4) is 0 Å². The highest BCUT2D eigenvalue weighted by molar-refractivity contribution is 7.98. The van der Waals surface area contributed by atoms with Gasteiger partial charge >= 0.3 is 0 Å². The van der Waals surface area contributed by atoms with Gasteiger partial charge < -0.3 is 0 Å². The molecule has 18 heavy (non-hydrogen) atoms. The first kappa shape index (κ1) is 13.2. The molecule has 0 aliphatic carbocycles. The molecule has 92 valence electrons. The van der Waals surface area contributed by atoms with Crippen molar-refractivity contribution in [2.45, 2.75) is 11.3 Å². The summed E-state index contributed by atoms with van der Waals surface area (Å²) in [6.07, 6.45) is 2.38. The molecule has 0 fully saturated rings. The summed E-state index contributed by atoms with van der Waals surface area (Å²) in [4.78, 5) is 13.1. The molecule has 0 saturated heterocycles. The van der Waals surface area contributed by atoms with Gasteiger partial charge in [-0.2, -0.15) is 0 Å². The number of thioether (sulfide) groups is 1. The highest BCUT2D eigenvalue weighted by Gasteiger charge is 2.09. The number of hydrogen-bond donors (Lipinski definition) is 0. The van der Waals surface area contributed by atoms with Crippen LogP contribution in [0.4, 0.5) is 0 Å². The molecule has 0 aliphatic heterocycles. The molecule has 0 atom stereocenters. The summed E-state index contributed by atoms with van der Waals surface area (Å²) in [5.74, 6) is 0.0933. The van der Waals surface area contributed by atoms with Crippen LogP contribution in [0, 0.1) is 0 Å². The average Bonchev–Trinajstić information content (AvgIpc) is 2.39. The second-order valence-electron chi connectivity index (χ2n) is 3.93. The summed E-state index contributed by atoms with van der Waals surface area (Å²) >= 11 is 7.68. The van der Waals surface area contributed by atoms with Crippen molar-refractivity contribution in [2.24, 2.45) is 0 Å². The number of rotatable bonds is 4. The molecule has 2 rings (SSSR count). The molecule has 0 spiro atoms. The third-order valence-corrected chi connectivity index (χ3v) is 3.90. The van der Waals surface area contributed by atoms with Crippen molar-refractivity contribution in [2.75, 3.05) is 6.26 Å². The van der Waals surface area contributed by atoms with Gasteiger partial charge in [0, 0.05) is 16.9 Å². The van der Waals surface area contributed by atoms with Gasteiger partial charge in [0.1, 0.15) is 0 Å². The topological polar surface area (TPSA) is 17.1 Å². The average molecular weight is 277 g/mol. The molecular formula is C15H13ClOS. The van der Waals surface area contributed by atoms with E-state index in [9.17, 15) is 4.79 Å². The molecule has 1 nitrogen and oxygen atoms in total. The Morgan fingerprint density at radius 1 is 1.17 bits per heavy atom. The summed E-state index contributed by atoms with van der Waals surface area (Å²) in [7, 11) is 0. The molecule has 2 aromatic carbocycles. The van der Waals surface area contributed by atoms with Gasteiger partial charge in [-0.3, -0.25) is 4.79 Å². The number of carbonyl (C=O) groups excluding carboxylic acids is 1. The molecule has 0 aliphatic rings. The van der Waals surface area contributed by atoms with Crippen LogP contribution in [0.1, 0.15) is 15.9 Å². The maximum Gasteiger partial charge on any atom is 0.167 e. The van der Waals surface area contributed by atoms with E-state index in [1.807, 2.05) is 48.7 Å². The fourth-order valence-corrected chi connectivity index (χ4v) is 2.59. The van der Waals surface area contributed by atoms with E-state index in [-0.39, 0.29) is 5.78 Å². The lowest BCUT2D eigenvalue weighted by atomic mass is 10.0. The smallest absolute Gasteiger partial charge is 0.167 e. The number of benzene rings is 2. The van der Waals surface area contributed by atoms with Gasteiger partial charge in [-0.25, -0.2) is 0 Å². The maximum absolute atomic E-state index is 12.1. The van der Waals surface area contributed by atoms with Crippen LogP contribution in [0.2, 0.25) is 5.02 Å². The minimum atomic E-state index is 0.0933. The van der Waals surface area contributed by atoms with Crippen LogP contribution >= 0.6 is 23.4 Å². The number of carbonyl (C=O) groups is 1. The van der Waals surface area contributed by atoms with E-state index in [1.54, 1.807) is 17.8 Å². The second kappa shape index (κ2) is 6.07. The zero-order valence-electron chi connectivity index (χ0n) is 10.0. The van der Waals surface area contributed by atoms with Crippen molar-refractivity contribution in [3.05, 3.63) is 64.7 Å². The minimum Gasteiger partial charge on any atom is -0.294 e. The van der Waals surface area contributed by atoms with Crippen LogP contribution in [-0.4, -0.2) is 12.0 Å². The van der Waals surface area contributed by atoms with Crippen molar-refractivity contribution in [3.8, 4) is 0 Å². The summed E-state index contributed by atoms with van der Waals surface area (Å²) in [6.45, 7) is 0. The third-order valence-electron chi connectivity index (χ3n) is 2.68. The Hall–Kier alpha value is -1.25. The molecule has 0 bridgehead atoms. The molecule has 0 heterocycles. The second-order valence-corrected chi connectivity index (χ2v) is 5.19. The van der Waals surface area contributed by atoms with Crippen molar-refractivity contribution in [1.82, 2.24) is 0 Å². The minimum absolute atomic E-state index is 0.0933. The first-order valence-corrected chi connectivity index (χ1v) is 7.21. The zero-order valence-corrected chi connectivity index (χ0v) is 11.6. The van der Waals surface area contributed by atoms with Gasteiger partial charge in [-0.05, 0) is 24.0 Å². The van der Waals surface area contributed by atoms with Gasteiger partial charge in [-0.1, -0.05) is 48.0 Å². The summed E-state index contributed by atoms with van der Waals surface area (Å²) < 4.78 is 0. The molecule has 0 N–H and O–H groups in total. The summed E-state index contributed by atoms with van der Waals surface area (Å²) in [6, 6.07) is 15.2. The van der Waals surface area contributed by atoms with Crippen LogP contribution in [0.15, 0.2) is 53.4 Å². The first-order chi connectivity index (χ1) is 8.70. The van der Waals surface area contributed by atoms with Gasteiger partial charge in [0.2, 0.25) is 0 Å². The van der Waals surface area contributed by atoms with Gasteiger partial charge in [-0.15, -0.1) is 11.8 Å². The Kier molecular flexibility index (Phi) is 4.45. The fraction of sp³-hybridized carbons (Fsp3) is 0.133. The highest BCUT2D eigenvalue weighted by Crippen LogP contribution is 2.26. The molecule has 0 aromatic heterocycles. The van der Waals surface area contributed by atoms with E-state index >= 15 is 0 Å². The van der Waals surface area contributed by atoms with E-state index in [2.05, 4.69) is 0 Å². The van der Waals surface area contributed by atoms with Crippen LogP contribution < -0.4 is 0 Å². The SMILES string of the molecule is CSc1ccc(C(=O)Cc2ccccc2)cc1Cl. The van der Waals surface area contributed by atoms with Gasteiger partial charge in [0.05, 0.1) is 5.02 Å². The van der Waals surface area contributed by atoms with Crippen molar-refractivity contribution >= 4 is 29.1 Å². The Bertz CT molecular complexity index is 552. The Labute approximate surface area is 116 Å². The van der Waals surface area contributed by atoms with Crippen molar-refractivity contribution in [3.63, 3.8) is 0 Å². The van der Waals surface area contributed by atoms with E-state index in [0.717, 1.165) is 10.5 Å². The predicted octanol–water partition coefficient (Wildman–Crippen LogP) is 4.49. The molecule has 0 amide bonds. The van der Waals surface area contributed by atoms with E-state index < -0.39 is 0 Å². The molecule has 0 saturated carbocycles. The Balaban J connectivity index is 2.17. The highest BCUT2D eigenvalue weighted by atomic mass is 35.5. The lowest BCUT2D eigenvalue weighted by Crippen LogP contribution is -2.03. The summed E-state index contributed by atoms with van der Waals surface area (Å²) in [5, 5.41) is 0.640. The molecule has 3 heteroatoms. The first-order valence-electron chi connectivity index (χ1n) is 5.61. The number of hydrogen-bond acceptors (Lipinski definition) is 2. The van der Waals surface area contributed by atoms with Crippen LogP contribution in [0.5, 0.6) is 0 Å². The van der Waals surface area contributed by atoms with E-state index in [1.165, 1.54) is 0 Å². The molecule has 0 unspecified atom stereocenters. The normalized spacial score (nSPS) is 10.3. The lowest BCUT2D eigenvalue weighted by molar-refractivity contribution is 0.0993. The zero-order chi connectivity index (χ0) is 13.0. The molecular weight excluding hydrogens is 264 g/mol. The molecule has 0 radical (unpaired) electrons. The maximum atomic E-state index is 12.1. The molecule has 2 aromatic rings. The fourth-order valence-electron chi connectivity index (χ4n) is 1.72. The van der Waals surface area contributed by atoms with Crippen LogP contribution in [0.25, 0.3) is 0 Å². The number of halogens is 1. The largest absolute Gasteiger partial charge is 0.294 e.